The largest absolute Gasteiger partial charge is 0.497 e. The summed E-state index contributed by atoms with van der Waals surface area (Å²) in [6, 6.07) is 14.7. The van der Waals surface area contributed by atoms with Gasteiger partial charge in [0.25, 0.3) is 0 Å². The Morgan fingerprint density at radius 2 is 1.15 bits per heavy atom. The molecular formula is C61H104O14Si3. The van der Waals surface area contributed by atoms with E-state index in [0.717, 1.165) is 79.6 Å². The van der Waals surface area contributed by atoms with Crippen LogP contribution >= 0.6 is 0 Å². The number of rotatable bonds is 25. The summed E-state index contributed by atoms with van der Waals surface area (Å²) in [4.78, 5) is 28.4. The third-order valence-corrected chi connectivity index (χ3v) is 37.2. The molecule has 2 saturated heterocycles. The van der Waals surface area contributed by atoms with E-state index in [4.69, 9.17) is 51.2 Å². The lowest BCUT2D eigenvalue weighted by molar-refractivity contribution is -0.342. The number of benzene rings is 1. The lowest BCUT2D eigenvalue weighted by Gasteiger charge is -2.61. The highest BCUT2D eigenvalue weighted by Gasteiger charge is 2.79. The van der Waals surface area contributed by atoms with Crippen molar-refractivity contribution in [2.75, 3.05) is 27.4 Å². The van der Waals surface area contributed by atoms with Gasteiger partial charge >= 0.3 is 11.9 Å². The van der Waals surface area contributed by atoms with Crippen LogP contribution in [0.5, 0.6) is 5.75 Å². The molecule has 7 aliphatic rings. The van der Waals surface area contributed by atoms with E-state index in [9.17, 15) is 14.7 Å². The number of methoxy groups -OCH3 is 2. The van der Waals surface area contributed by atoms with Crippen molar-refractivity contribution in [2.24, 2.45) is 45.8 Å². The molecule has 0 unspecified atom stereocenters. The van der Waals surface area contributed by atoms with E-state index in [2.05, 4.69) is 90.0 Å². The monoisotopic (exact) mass is 1140 g/mol. The predicted octanol–water partition coefficient (Wildman–Crippen LogP) is 12.5. The highest BCUT2D eigenvalue weighted by molar-refractivity contribution is 6.74. The Balaban J connectivity index is 1.19. The van der Waals surface area contributed by atoms with E-state index in [-0.39, 0.29) is 42.0 Å². The summed E-state index contributed by atoms with van der Waals surface area (Å²) in [6.07, 6.45) is -0.740. The summed E-state index contributed by atoms with van der Waals surface area (Å²) >= 11 is 0. The molecule has 2 heterocycles. The molecule has 5 aliphatic carbocycles. The SMILES string of the molecule is CC[Si](CC)(CC)O[C@@H]1[C@@H](OC(=O)c2ccc(OC)cc2)[C@H](O[C@@H]2[C@@H](OC(C)=O)[C@H](O[C@H]3C[C@H]4[C@@H]5C[C@@H](OC)[C@]67C[C@H]6CC[C@]7(C)[C@H]5CC[C@]4(C)[C@@]3(O)C(C)C)OC[C@@H]2O[Si](CC)(CC)CC)OC[C@H]1O[Si](CC)(CC)CC. The highest BCUT2D eigenvalue weighted by Crippen LogP contribution is 2.82. The van der Waals surface area contributed by atoms with Gasteiger partial charge in [0.2, 0.25) is 0 Å². The molecular weight excluding hydrogens is 1040 g/mol. The lowest BCUT2D eigenvalue weighted by atomic mass is 9.44. The van der Waals surface area contributed by atoms with Crippen LogP contribution < -0.4 is 4.74 Å². The van der Waals surface area contributed by atoms with Gasteiger partial charge in [-0.25, -0.2) is 4.79 Å². The maximum absolute atomic E-state index is 14.7. The maximum Gasteiger partial charge on any atom is 0.338 e. The topological polar surface area (TPSA) is 156 Å². The summed E-state index contributed by atoms with van der Waals surface area (Å²) in [7, 11) is -3.68. The molecule has 7 fully saturated rings. The van der Waals surface area contributed by atoms with Crippen molar-refractivity contribution in [3.8, 4) is 5.75 Å². The minimum Gasteiger partial charge on any atom is -0.497 e. The Morgan fingerprint density at radius 1 is 0.641 bits per heavy atom. The van der Waals surface area contributed by atoms with Crippen LogP contribution in [0.15, 0.2) is 24.3 Å². The number of carbonyl (C=O) groups excluding carboxylic acids is 2. The van der Waals surface area contributed by atoms with Gasteiger partial charge in [-0.1, -0.05) is 90.0 Å². The van der Waals surface area contributed by atoms with Crippen LogP contribution in [0.25, 0.3) is 0 Å². The van der Waals surface area contributed by atoms with Crippen LogP contribution in [0.3, 0.4) is 0 Å². The van der Waals surface area contributed by atoms with Crippen molar-refractivity contribution >= 4 is 36.9 Å². The zero-order valence-electron chi connectivity index (χ0n) is 51.0. The highest BCUT2D eigenvalue weighted by atomic mass is 28.4. The molecule has 1 aromatic rings. The predicted molar refractivity (Wildman–Crippen MR) is 309 cm³/mol. The summed E-state index contributed by atoms with van der Waals surface area (Å²) in [6.45, 7) is 30.5. The zero-order valence-corrected chi connectivity index (χ0v) is 54.0. The van der Waals surface area contributed by atoms with Crippen LogP contribution in [0.4, 0.5) is 0 Å². The molecule has 5 saturated carbocycles. The molecule has 17 heteroatoms. The minimum absolute atomic E-state index is 0.0705. The first-order valence-corrected chi connectivity index (χ1v) is 38.6. The van der Waals surface area contributed by atoms with Gasteiger partial charge in [-0.3, -0.25) is 4.79 Å². The third kappa shape index (κ3) is 10.7. The van der Waals surface area contributed by atoms with Gasteiger partial charge in [0.05, 0.1) is 55.9 Å². The Morgan fingerprint density at radius 3 is 1.65 bits per heavy atom. The smallest absolute Gasteiger partial charge is 0.338 e. The molecule has 0 aromatic heterocycles. The molecule has 444 valence electrons. The van der Waals surface area contributed by atoms with Crippen molar-refractivity contribution < 1.29 is 65.9 Å². The molecule has 1 aromatic carbocycles. The average Bonchev–Trinajstić information content (AvgIpc) is 4.24. The van der Waals surface area contributed by atoms with E-state index in [1.54, 1.807) is 31.4 Å². The van der Waals surface area contributed by atoms with Crippen LogP contribution in [0, 0.1) is 45.8 Å². The van der Waals surface area contributed by atoms with E-state index in [1.807, 2.05) is 7.11 Å². The standard InChI is InChI=1S/C61H104O14Si3/c1-17-76(18-2,19-3)73-47-37-67-56(70-50-35-46-44-34-49(66-16)60-36-42(60)30-32-58(60,13)45(44)31-33-59(46,14)61(50,64)39(10)11)53(69-40(12)62)51(47)72-57-54(71-55(63)41-26-28-43(65-15)29-27-41)52(75-78(23-7,24-8)25-9)48(38-68-57)74-77(20-4,21-5)22-6/h26-29,39,42,44-54,56-57,64H,17-25,30-38H2,1-16H3/t42-,44-,45+,46+,47+,48-,49-,50+,51+,52+,53-,54-,56+,57+,58-,59+,60+,61-/m1/s1. The second-order valence-corrected chi connectivity index (χ2v) is 40.0. The number of fused-ring (bicyclic) bond motifs is 4. The Kier molecular flexibility index (Phi) is 19.5. The normalized spacial score (nSPS) is 39.5. The van der Waals surface area contributed by atoms with Crippen molar-refractivity contribution in [3.05, 3.63) is 29.8 Å². The summed E-state index contributed by atoms with van der Waals surface area (Å²) in [5.74, 6) is 1.17. The number of hydrogen-bond acceptors (Lipinski definition) is 14. The number of aliphatic hydroxyl groups is 1. The number of carbonyl (C=O) groups is 2. The molecule has 14 nitrogen and oxygen atoms in total. The summed E-state index contributed by atoms with van der Waals surface area (Å²) in [5, 5.41) is 13.7. The first-order valence-electron chi connectivity index (χ1n) is 31.0. The van der Waals surface area contributed by atoms with Crippen LogP contribution in [0.2, 0.25) is 54.4 Å². The Labute approximate surface area is 472 Å². The fourth-order valence-corrected chi connectivity index (χ4v) is 26.2. The summed E-state index contributed by atoms with van der Waals surface area (Å²) in [5.41, 5.74) is -0.892. The first kappa shape index (κ1) is 62.3. The molecule has 1 spiro atoms. The third-order valence-electron chi connectivity index (χ3n) is 23.2. The number of esters is 2. The van der Waals surface area contributed by atoms with Crippen LogP contribution in [-0.4, -0.2) is 136 Å². The van der Waals surface area contributed by atoms with Gasteiger partial charge < -0.3 is 56.3 Å². The van der Waals surface area contributed by atoms with Gasteiger partial charge in [0, 0.05) is 24.9 Å². The Hall–Kier alpha value is -1.75. The fourth-order valence-electron chi connectivity index (χ4n) is 17.6. The van der Waals surface area contributed by atoms with Crippen LogP contribution in [0.1, 0.15) is 152 Å². The van der Waals surface area contributed by atoms with Gasteiger partial charge in [-0.15, -0.1) is 0 Å². The number of hydrogen-bond donors (Lipinski definition) is 1. The van der Waals surface area contributed by atoms with E-state index < -0.39 is 103 Å². The zero-order chi connectivity index (χ0) is 56.8. The van der Waals surface area contributed by atoms with Crippen molar-refractivity contribution in [3.63, 3.8) is 0 Å². The molecule has 0 radical (unpaired) electrons. The Bertz CT molecular complexity index is 2150. The van der Waals surface area contributed by atoms with Gasteiger partial charge in [-0.05, 0) is 159 Å². The molecule has 8 rings (SSSR count). The number of ether oxygens (including phenoxy) is 8. The van der Waals surface area contributed by atoms with Gasteiger partial charge in [0.15, 0.2) is 49.7 Å². The molecule has 1 N–H and O–H groups in total. The van der Waals surface area contributed by atoms with Crippen molar-refractivity contribution in [2.45, 2.75) is 263 Å². The quantitative estimate of drug-likeness (QED) is 0.0729. The average molecular weight is 1150 g/mol. The maximum atomic E-state index is 14.7. The van der Waals surface area contributed by atoms with E-state index in [0.29, 0.717) is 29.6 Å². The van der Waals surface area contributed by atoms with Gasteiger partial charge in [-0.2, -0.15) is 0 Å². The fraction of sp³-hybridized carbons (Fsp3) is 0.869. The van der Waals surface area contributed by atoms with E-state index in [1.165, 1.54) is 26.2 Å². The van der Waals surface area contributed by atoms with Crippen LogP contribution in [-0.2, 0) is 51.2 Å². The molecule has 0 amide bonds. The van der Waals surface area contributed by atoms with Gasteiger partial charge in [0.1, 0.15) is 18.0 Å². The molecule has 0 bridgehead atoms. The molecule has 2 aliphatic heterocycles. The van der Waals surface area contributed by atoms with E-state index >= 15 is 0 Å². The first-order chi connectivity index (χ1) is 37.1. The van der Waals surface area contributed by atoms with Crippen molar-refractivity contribution in [1.82, 2.24) is 0 Å². The van der Waals surface area contributed by atoms with Crippen molar-refractivity contribution in [1.29, 1.82) is 0 Å². The lowest BCUT2D eigenvalue weighted by Crippen LogP contribution is -2.66. The summed E-state index contributed by atoms with van der Waals surface area (Å²) < 4.78 is 76.1. The molecule has 18 atom stereocenters. The second-order valence-electron chi connectivity index (χ2n) is 25.8. The molecule has 78 heavy (non-hydrogen) atoms. The second kappa shape index (κ2) is 24.5. The minimum atomic E-state index is -2.46.